The summed E-state index contributed by atoms with van der Waals surface area (Å²) in [5, 5.41) is 12.2. The number of hydrogen-bond acceptors (Lipinski definition) is 2. The van der Waals surface area contributed by atoms with E-state index in [1.165, 1.54) is 6.07 Å². The second-order valence-electron chi connectivity index (χ2n) is 3.80. The summed E-state index contributed by atoms with van der Waals surface area (Å²) < 4.78 is 0. The third kappa shape index (κ3) is 2.58. The number of carbonyl (C=O) groups is 1. The Labute approximate surface area is 105 Å². The van der Waals surface area contributed by atoms with Gasteiger partial charge in [0.25, 0.3) is 5.91 Å². The van der Waals surface area contributed by atoms with Crippen LogP contribution in [0.15, 0.2) is 55.1 Å². The molecule has 0 aliphatic rings. The van der Waals surface area contributed by atoms with E-state index in [9.17, 15) is 9.90 Å². The highest BCUT2D eigenvalue weighted by Crippen LogP contribution is 2.22. The Morgan fingerprint density at radius 3 is 2.39 bits per heavy atom. The van der Waals surface area contributed by atoms with Crippen LogP contribution < -0.4 is 5.32 Å². The standard InChI is InChI=1S/C15H13NO2/c1-2-11-7-9-12(10-8-11)15(18)16-13-5-3-4-6-14(13)17/h2-10,17H,1H2,(H,16,18). The average molecular weight is 239 g/mol. The van der Waals surface area contributed by atoms with Gasteiger partial charge in [-0.3, -0.25) is 4.79 Å². The molecule has 0 spiro atoms. The minimum atomic E-state index is -0.257. The zero-order chi connectivity index (χ0) is 13.0. The van der Waals surface area contributed by atoms with Gasteiger partial charge in [-0.25, -0.2) is 0 Å². The number of rotatable bonds is 3. The minimum absolute atomic E-state index is 0.0496. The summed E-state index contributed by atoms with van der Waals surface area (Å²) in [6, 6.07) is 13.7. The van der Waals surface area contributed by atoms with Gasteiger partial charge in [0.15, 0.2) is 0 Å². The molecule has 0 bridgehead atoms. The van der Waals surface area contributed by atoms with Crippen LogP contribution in [-0.4, -0.2) is 11.0 Å². The summed E-state index contributed by atoms with van der Waals surface area (Å²) in [6.07, 6.45) is 1.71. The molecule has 2 aromatic carbocycles. The highest BCUT2D eigenvalue weighted by atomic mass is 16.3. The normalized spacial score (nSPS) is 9.78. The number of anilines is 1. The van der Waals surface area contributed by atoms with Crippen LogP contribution in [0.4, 0.5) is 5.69 Å². The molecule has 18 heavy (non-hydrogen) atoms. The van der Waals surface area contributed by atoms with E-state index in [1.807, 2.05) is 12.1 Å². The molecular weight excluding hydrogens is 226 g/mol. The van der Waals surface area contributed by atoms with Crippen molar-refractivity contribution in [3.8, 4) is 5.75 Å². The molecule has 0 aliphatic carbocycles. The lowest BCUT2D eigenvalue weighted by Gasteiger charge is -2.07. The third-order valence-electron chi connectivity index (χ3n) is 2.56. The maximum Gasteiger partial charge on any atom is 0.255 e. The van der Waals surface area contributed by atoms with Crippen molar-refractivity contribution in [2.75, 3.05) is 5.32 Å². The van der Waals surface area contributed by atoms with Crippen molar-refractivity contribution in [1.29, 1.82) is 0 Å². The van der Waals surface area contributed by atoms with Gasteiger partial charge < -0.3 is 10.4 Å². The summed E-state index contributed by atoms with van der Waals surface area (Å²) in [5.74, 6) is -0.208. The minimum Gasteiger partial charge on any atom is -0.506 e. The molecule has 2 N–H and O–H groups in total. The molecule has 2 aromatic rings. The first-order valence-electron chi connectivity index (χ1n) is 5.52. The van der Waals surface area contributed by atoms with Crippen LogP contribution in [0.1, 0.15) is 15.9 Å². The van der Waals surface area contributed by atoms with Crippen LogP contribution in [0.2, 0.25) is 0 Å². The highest BCUT2D eigenvalue weighted by molar-refractivity contribution is 6.05. The van der Waals surface area contributed by atoms with Gasteiger partial charge in [0, 0.05) is 5.56 Å². The van der Waals surface area contributed by atoms with Crippen molar-refractivity contribution in [1.82, 2.24) is 0 Å². The Hall–Kier alpha value is -2.55. The molecule has 0 heterocycles. The second kappa shape index (κ2) is 5.19. The molecule has 0 unspecified atom stereocenters. The van der Waals surface area contributed by atoms with E-state index in [2.05, 4.69) is 11.9 Å². The molecule has 0 saturated heterocycles. The van der Waals surface area contributed by atoms with Gasteiger partial charge in [-0.05, 0) is 29.8 Å². The van der Waals surface area contributed by atoms with Crippen LogP contribution >= 0.6 is 0 Å². The topological polar surface area (TPSA) is 49.3 Å². The van der Waals surface area contributed by atoms with Crippen LogP contribution in [0, 0.1) is 0 Å². The van der Waals surface area contributed by atoms with Gasteiger partial charge in [0.05, 0.1) is 5.69 Å². The molecule has 1 amide bonds. The van der Waals surface area contributed by atoms with Gasteiger partial charge in [0.2, 0.25) is 0 Å². The summed E-state index contributed by atoms with van der Waals surface area (Å²) in [5.41, 5.74) is 1.88. The summed E-state index contributed by atoms with van der Waals surface area (Å²) in [7, 11) is 0. The number of carbonyl (C=O) groups excluding carboxylic acids is 1. The number of aromatic hydroxyl groups is 1. The van der Waals surface area contributed by atoms with Gasteiger partial charge in [0.1, 0.15) is 5.75 Å². The average Bonchev–Trinajstić information content (AvgIpc) is 2.41. The lowest BCUT2D eigenvalue weighted by atomic mass is 10.1. The SMILES string of the molecule is C=Cc1ccc(C(=O)Nc2ccccc2O)cc1. The first-order valence-corrected chi connectivity index (χ1v) is 5.52. The fraction of sp³-hybridized carbons (Fsp3) is 0. The number of phenolic OH excluding ortho intramolecular Hbond substituents is 1. The van der Waals surface area contributed by atoms with Gasteiger partial charge in [-0.15, -0.1) is 0 Å². The number of para-hydroxylation sites is 2. The zero-order valence-corrected chi connectivity index (χ0v) is 9.76. The second-order valence-corrected chi connectivity index (χ2v) is 3.80. The van der Waals surface area contributed by atoms with Crippen LogP contribution in [0.3, 0.4) is 0 Å². The molecule has 90 valence electrons. The quantitative estimate of drug-likeness (QED) is 0.807. The van der Waals surface area contributed by atoms with Crippen molar-refractivity contribution in [3.63, 3.8) is 0 Å². The fourth-order valence-corrected chi connectivity index (χ4v) is 1.54. The molecule has 3 heteroatoms. The van der Waals surface area contributed by atoms with Crippen LogP contribution in [0.5, 0.6) is 5.75 Å². The van der Waals surface area contributed by atoms with Crippen molar-refractivity contribution < 1.29 is 9.90 Å². The van der Waals surface area contributed by atoms with E-state index in [-0.39, 0.29) is 11.7 Å². The molecule has 0 aromatic heterocycles. The van der Waals surface area contributed by atoms with E-state index in [4.69, 9.17) is 0 Å². The lowest BCUT2D eigenvalue weighted by molar-refractivity contribution is 0.102. The highest BCUT2D eigenvalue weighted by Gasteiger charge is 2.07. The van der Waals surface area contributed by atoms with E-state index in [1.54, 1.807) is 36.4 Å². The summed E-state index contributed by atoms with van der Waals surface area (Å²) >= 11 is 0. The predicted molar refractivity (Wildman–Crippen MR) is 72.6 cm³/mol. The maximum absolute atomic E-state index is 11.9. The number of nitrogens with one attached hydrogen (secondary N) is 1. The first kappa shape index (κ1) is 11.9. The molecule has 0 radical (unpaired) electrons. The number of hydrogen-bond donors (Lipinski definition) is 2. The van der Waals surface area contributed by atoms with Crippen molar-refractivity contribution >= 4 is 17.7 Å². The van der Waals surface area contributed by atoms with Crippen LogP contribution in [-0.2, 0) is 0 Å². The predicted octanol–water partition coefficient (Wildman–Crippen LogP) is 3.29. The van der Waals surface area contributed by atoms with Gasteiger partial charge in [-0.2, -0.15) is 0 Å². The van der Waals surface area contributed by atoms with Gasteiger partial charge in [-0.1, -0.05) is 36.9 Å². The van der Waals surface area contributed by atoms with E-state index >= 15 is 0 Å². The van der Waals surface area contributed by atoms with E-state index < -0.39 is 0 Å². The zero-order valence-electron chi connectivity index (χ0n) is 9.76. The Bertz CT molecular complexity index is 573. The lowest BCUT2D eigenvalue weighted by Crippen LogP contribution is -2.11. The molecule has 0 atom stereocenters. The number of phenols is 1. The molecule has 0 aliphatic heterocycles. The molecular formula is C15H13NO2. The smallest absolute Gasteiger partial charge is 0.255 e. The Morgan fingerprint density at radius 1 is 1.11 bits per heavy atom. The largest absolute Gasteiger partial charge is 0.506 e. The Kier molecular flexibility index (Phi) is 3.44. The summed E-state index contributed by atoms with van der Waals surface area (Å²) in [4.78, 5) is 11.9. The molecule has 2 rings (SSSR count). The summed E-state index contributed by atoms with van der Waals surface area (Å²) in [6.45, 7) is 3.65. The number of benzene rings is 2. The van der Waals surface area contributed by atoms with Gasteiger partial charge >= 0.3 is 0 Å². The first-order chi connectivity index (χ1) is 8.70. The fourth-order valence-electron chi connectivity index (χ4n) is 1.54. The van der Waals surface area contributed by atoms with Crippen molar-refractivity contribution in [2.24, 2.45) is 0 Å². The molecule has 3 nitrogen and oxygen atoms in total. The number of amides is 1. The van der Waals surface area contributed by atoms with E-state index in [0.29, 0.717) is 11.3 Å². The third-order valence-corrected chi connectivity index (χ3v) is 2.56. The monoisotopic (exact) mass is 239 g/mol. The molecule has 0 saturated carbocycles. The van der Waals surface area contributed by atoms with E-state index in [0.717, 1.165) is 5.56 Å². The Balaban J connectivity index is 2.17. The van der Waals surface area contributed by atoms with Crippen molar-refractivity contribution in [2.45, 2.75) is 0 Å². The van der Waals surface area contributed by atoms with Crippen LogP contribution in [0.25, 0.3) is 6.08 Å². The maximum atomic E-state index is 11.9. The Morgan fingerprint density at radius 2 is 1.78 bits per heavy atom. The van der Waals surface area contributed by atoms with Crippen molar-refractivity contribution in [3.05, 3.63) is 66.2 Å². The molecule has 0 fully saturated rings.